The molecular formula is C15H15F3N2O. The average Bonchev–Trinajstić information content (AvgIpc) is 2.47. The fourth-order valence-electron chi connectivity index (χ4n) is 1.94. The third-order valence-electron chi connectivity index (χ3n) is 2.99. The van der Waals surface area contributed by atoms with Gasteiger partial charge in [-0.2, -0.15) is 13.2 Å². The maximum atomic E-state index is 12.5. The summed E-state index contributed by atoms with van der Waals surface area (Å²) in [6.45, 7) is 2.32. The molecule has 1 aromatic heterocycles. The van der Waals surface area contributed by atoms with Crippen LogP contribution < -0.4 is 10.5 Å². The molecule has 2 N–H and O–H groups in total. The van der Waals surface area contributed by atoms with E-state index < -0.39 is 17.8 Å². The second-order valence-electron chi connectivity index (χ2n) is 4.42. The van der Waals surface area contributed by atoms with Gasteiger partial charge in [-0.1, -0.05) is 18.2 Å². The van der Waals surface area contributed by atoms with Crippen molar-refractivity contribution in [1.29, 1.82) is 0 Å². The molecule has 0 fully saturated rings. The molecule has 0 bridgehead atoms. The number of nitrogens with two attached hydrogens (primary N) is 1. The number of pyridine rings is 1. The van der Waals surface area contributed by atoms with Gasteiger partial charge in [-0.3, -0.25) is 4.98 Å². The van der Waals surface area contributed by atoms with Gasteiger partial charge >= 0.3 is 6.18 Å². The van der Waals surface area contributed by atoms with Crippen LogP contribution in [-0.4, -0.2) is 11.6 Å². The molecule has 21 heavy (non-hydrogen) atoms. The van der Waals surface area contributed by atoms with Gasteiger partial charge in [0.05, 0.1) is 23.9 Å². The van der Waals surface area contributed by atoms with Crippen LogP contribution in [0.15, 0.2) is 42.6 Å². The number of nitrogens with zero attached hydrogens (tertiary/aromatic N) is 1. The first kappa shape index (κ1) is 15.3. The Morgan fingerprint density at radius 1 is 1.19 bits per heavy atom. The van der Waals surface area contributed by atoms with Crippen molar-refractivity contribution in [2.45, 2.75) is 19.1 Å². The van der Waals surface area contributed by atoms with E-state index in [0.29, 0.717) is 23.6 Å². The predicted octanol–water partition coefficient (Wildman–Crippen LogP) is 3.55. The fourth-order valence-corrected chi connectivity index (χ4v) is 1.94. The van der Waals surface area contributed by atoms with Gasteiger partial charge in [-0.15, -0.1) is 0 Å². The van der Waals surface area contributed by atoms with Crippen molar-refractivity contribution < 1.29 is 17.9 Å². The number of halogens is 3. The molecule has 0 saturated heterocycles. The smallest absolute Gasteiger partial charge is 0.417 e. The molecule has 0 amide bonds. The molecule has 1 heterocycles. The molecule has 0 spiro atoms. The Kier molecular flexibility index (Phi) is 4.47. The van der Waals surface area contributed by atoms with Crippen LogP contribution >= 0.6 is 0 Å². The largest absolute Gasteiger partial charge is 0.494 e. The summed E-state index contributed by atoms with van der Waals surface area (Å²) in [5.74, 6) is 0.606. The van der Waals surface area contributed by atoms with Crippen LogP contribution in [0, 0.1) is 0 Å². The van der Waals surface area contributed by atoms with Gasteiger partial charge in [0.15, 0.2) is 0 Å². The summed E-state index contributed by atoms with van der Waals surface area (Å²) in [7, 11) is 0. The second kappa shape index (κ2) is 6.13. The molecule has 1 aromatic carbocycles. The highest BCUT2D eigenvalue weighted by Crippen LogP contribution is 2.31. The lowest BCUT2D eigenvalue weighted by Crippen LogP contribution is -2.16. The Balaban J connectivity index is 2.30. The first-order chi connectivity index (χ1) is 9.93. The van der Waals surface area contributed by atoms with E-state index >= 15 is 0 Å². The van der Waals surface area contributed by atoms with Crippen LogP contribution in [0.1, 0.15) is 29.8 Å². The minimum absolute atomic E-state index is 0.357. The molecule has 112 valence electrons. The molecular weight excluding hydrogens is 281 g/mol. The minimum atomic E-state index is -4.40. The van der Waals surface area contributed by atoms with E-state index in [4.69, 9.17) is 10.5 Å². The summed E-state index contributed by atoms with van der Waals surface area (Å²) in [5.41, 5.74) is 6.33. The fraction of sp³-hybridized carbons (Fsp3) is 0.267. The van der Waals surface area contributed by atoms with Crippen LogP contribution in [0.5, 0.6) is 5.75 Å². The summed E-state index contributed by atoms with van der Waals surface area (Å²) in [6.07, 6.45) is -3.61. The lowest BCUT2D eigenvalue weighted by molar-refractivity contribution is -0.137. The maximum Gasteiger partial charge on any atom is 0.417 e. The first-order valence-corrected chi connectivity index (χ1v) is 6.44. The lowest BCUT2D eigenvalue weighted by Gasteiger charge is -2.16. The van der Waals surface area contributed by atoms with Gasteiger partial charge in [0, 0.05) is 11.8 Å². The molecule has 0 aliphatic heterocycles. The first-order valence-electron chi connectivity index (χ1n) is 6.44. The molecule has 0 aliphatic carbocycles. The highest BCUT2D eigenvalue weighted by atomic mass is 19.4. The zero-order valence-corrected chi connectivity index (χ0v) is 11.4. The molecule has 6 heteroatoms. The summed E-state index contributed by atoms with van der Waals surface area (Å²) >= 11 is 0. The third kappa shape index (κ3) is 3.52. The number of aromatic nitrogens is 1. The number of benzene rings is 1. The zero-order chi connectivity index (χ0) is 15.5. The Labute approximate surface area is 120 Å². The van der Waals surface area contributed by atoms with Crippen LogP contribution in [0.25, 0.3) is 0 Å². The second-order valence-corrected chi connectivity index (χ2v) is 4.42. The number of hydrogen-bond donors (Lipinski definition) is 1. The number of hydrogen-bond acceptors (Lipinski definition) is 3. The molecule has 2 aromatic rings. The summed E-state index contributed by atoms with van der Waals surface area (Å²) in [6, 6.07) is 8.76. The normalized spacial score (nSPS) is 13.0. The van der Waals surface area contributed by atoms with Crippen molar-refractivity contribution >= 4 is 0 Å². The minimum Gasteiger partial charge on any atom is -0.494 e. The van der Waals surface area contributed by atoms with Crippen molar-refractivity contribution in [3.05, 3.63) is 59.4 Å². The standard InChI is InChI=1S/C15H15F3N2O/c1-2-21-13-6-4-3-5-11(13)14(19)12-8-7-10(9-20-12)15(16,17)18/h3-9,14H,2,19H2,1H3. The highest BCUT2D eigenvalue weighted by Gasteiger charge is 2.31. The van der Waals surface area contributed by atoms with E-state index in [1.807, 2.05) is 6.92 Å². The van der Waals surface area contributed by atoms with Crippen LogP contribution in [0.3, 0.4) is 0 Å². The SMILES string of the molecule is CCOc1ccccc1C(N)c1ccc(C(F)(F)F)cn1. The number of rotatable bonds is 4. The molecule has 1 atom stereocenters. The molecule has 0 aliphatic rings. The summed E-state index contributed by atoms with van der Waals surface area (Å²) in [5, 5.41) is 0. The van der Waals surface area contributed by atoms with E-state index in [9.17, 15) is 13.2 Å². The van der Waals surface area contributed by atoms with E-state index in [2.05, 4.69) is 4.98 Å². The quantitative estimate of drug-likeness (QED) is 0.938. The zero-order valence-electron chi connectivity index (χ0n) is 11.4. The molecule has 0 radical (unpaired) electrons. The van der Waals surface area contributed by atoms with Crippen molar-refractivity contribution in [1.82, 2.24) is 4.98 Å². The van der Waals surface area contributed by atoms with Gasteiger partial charge in [-0.25, -0.2) is 0 Å². The van der Waals surface area contributed by atoms with E-state index in [-0.39, 0.29) is 0 Å². The predicted molar refractivity (Wildman–Crippen MR) is 72.9 cm³/mol. The Hall–Kier alpha value is -2.08. The van der Waals surface area contributed by atoms with E-state index in [1.54, 1.807) is 24.3 Å². The Morgan fingerprint density at radius 2 is 1.90 bits per heavy atom. The van der Waals surface area contributed by atoms with Crippen LogP contribution in [-0.2, 0) is 6.18 Å². The third-order valence-corrected chi connectivity index (χ3v) is 2.99. The Morgan fingerprint density at radius 3 is 2.48 bits per heavy atom. The molecule has 1 unspecified atom stereocenters. The topological polar surface area (TPSA) is 48.1 Å². The molecule has 2 rings (SSSR count). The van der Waals surface area contributed by atoms with Crippen molar-refractivity contribution in [3.63, 3.8) is 0 Å². The summed E-state index contributed by atoms with van der Waals surface area (Å²) < 4.78 is 43.0. The average molecular weight is 296 g/mol. The maximum absolute atomic E-state index is 12.5. The molecule has 0 saturated carbocycles. The van der Waals surface area contributed by atoms with Crippen molar-refractivity contribution in [3.8, 4) is 5.75 Å². The van der Waals surface area contributed by atoms with Gasteiger partial charge in [0.25, 0.3) is 0 Å². The highest BCUT2D eigenvalue weighted by molar-refractivity contribution is 5.40. The van der Waals surface area contributed by atoms with E-state index in [1.165, 1.54) is 6.07 Å². The van der Waals surface area contributed by atoms with Crippen LogP contribution in [0.2, 0.25) is 0 Å². The Bertz CT molecular complexity index is 597. The van der Waals surface area contributed by atoms with Crippen LogP contribution in [0.4, 0.5) is 13.2 Å². The number of ether oxygens (including phenoxy) is 1. The number of alkyl halides is 3. The monoisotopic (exact) mass is 296 g/mol. The van der Waals surface area contributed by atoms with Crippen molar-refractivity contribution in [2.75, 3.05) is 6.61 Å². The molecule has 3 nitrogen and oxygen atoms in total. The lowest BCUT2D eigenvalue weighted by atomic mass is 10.0. The van der Waals surface area contributed by atoms with Gasteiger partial charge in [0.2, 0.25) is 0 Å². The van der Waals surface area contributed by atoms with Crippen molar-refractivity contribution in [2.24, 2.45) is 5.73 Å². The summed E-state index contributed by atoms with van der Waals surface area (Å²) in [4.78, 5) is 3.82. The van der Waals surface area contributed by atoms with E-state index in [0.717, 1.165) is 12.3 Å². The van der Waals surface area contributed by atoms with Gasteiger partial charge in [0.1, 0.15) is 5.75 Å². The van der Waals surface area contributed by atoms with Gasteiger partial charge < -0.3 is 10.5 Å². The number of para-hydroxylation sites is 1. The van der Waals surface area contributed by atoms with Gasteiger partial charge in [-0.05, 0) is 25.1 Å².